The molecule has 2 heteroatoms. The van der Waals surface area contributed by atoms with E-state index in [0.29, 0.717) is 24.0 Å². The smallest absolute Gasteiger partial charge is 0.0142 e. The lowest BCUT2D eigenvalue weighted by Crippen LogP contribution is -2.39. The van der Waals surface area contributed by atoms with Crippen molar-refractivity contribution in [3.05, 3.63) is 41.5 Å². The molecule has 0 heterocycles. The Hall–Kier alpha value is -1.12. The fraction of sp³-hybridized carbons (Fsp3) is 0.600. The maximum atomic E-state index is 6.01. The molecule has 120 valence electrons. The Kier molecular flexibility index (Phi) is 5.00. The number of rotatable bonds is 5. The van der Waals surface area contributed by atoms with E-state index >= 15 is 0 Å². The fourth-order valence-electron chi connectivity index (χ4n) is 3.78. The third-order valence-corrected chi connectivity index (χ3v) is 5.24. The second-order valence-electron chi connectivity index (χ2n) is 7.44. The van der Waals surface area contributed by atoms with Gasteiger partial charge in [-0.15, -0.1) is 0 Å². The van der Waals surface area contributed by atoms with Gasteiger partial charge in [-0.25, -0.2) is 0 Å². The summed E-state index contributed by atoms with van der Waals surface area (Å²) in [5.74, 6) is 1.35. The number of benzene rings is 1. The Morgan fingerprint density at radius 1 is 1.14 bits per heavy atom. The summed E-state index contributed by atoms with van der Waals surface area (Å²) in [4.78, 5) is 0. The minimum Gasteiger partial charge on any atom is -0.328 e. The van der Waals surface area contributed by atoms with E-state index in [2.05, 4.69) is 55.6 Å². The predicted octanol–water partition coefficient (Wildman–Crippen LogP) is 3.97. The van der Waals surface area contributed by atoms with Gasteiger partial charge in [0.15, 0.2) is 0 Å². The highest BCUT2D eigenvalue weighted by Crippen LogP contribution is 2.42. The van der Waals surface area contributed by atoms with Gasteiger partial charge in [0, 0.05) is 18.1 Å². The summed E-state index contributed by atoms with van der Waals surface area (Å²) in [6.45, 7) is 4.65. The molecule has 2 saturated carbocycles. The van der Waals surface area contributed by atoms with Gasteiger partial charge in [0.1, 0.15) is 0 Å². The van der Waals surface area contributed by atoms with Crippen LogP contribution >= 0.6 is 0 Å². The highest BCUT2D eigenvalue weighted by Gasteiger charge is 2.41. The Labute approximate surface area is 135 Å². The van der Waals surface area contributed by atoms with Crippen molar-refractivity contribution in [2.24, 2.45) is 17.6 Å². The van der Waals surface area contributed by atoms with Crippen molar-refractivity contribution in [2.75, 3.05) is 0 Å². The SMILES string of the molecule is CC(C)/C(=C\c1ccccc1)[C@@H]1CC1N[C@H]1CC[C@H](N)CC1. The van der Waals surface area contributed by atoms with Gasteiger partial charge in [-0.3, -0.25) is 0 Å². The monoisotopic (exact) mass is 298 g/mol. The molecule has 0 amide bonds. The van der Waals surface area contributed by atoms with Gasteiger partial charge < -0.3 is 11.1 Å². The second kappa shape index (κ2) is 6.97. The third kappa shape index (κ3) is 3.99. The predicted molar refractivity (Wildman–Crippen MR) is 94.5 cm³/mol. The van der Waals surface area contributed by atoms with E-state index in [-0.39, 0.29) is 0 Å². The van der Waals surface area contributed by atoms with Crippen molar-refractivity contribution in [2.45, 2.75) is 64.1 Å². The lowest BCUT2D eigenvalue weighted by Gasteiger charge is -2.27. The van der Waals surface area contributed by atoms with Crippen LogP contribution in [0.1, 0.15) is 51.5 Å². The largest absolute Gasteiger partial charge is 0.328 e. The Morgan fingerprint density at radius 3 is 2.45 bits per heavy atom. The van der Waals surface area contributed by atoms with Crippen LogP contribution in [0.2, 0.25) is 0 Å². The van der Waals surface area contributed by atoms with Gasteiger partial charge in [-0.1, -0.05) is 55.8 Å². The Bertz CT molecular complexity index is 498. The molecule has 0 aromatic heterocycles. The fourth-order valence-corrected chi connectivity index (χ4v) is 3.78. The van der Waals surface area contributed by atoms with Crippen LogP contribution in [0.3, 0.4) is 0 Å². The molecular weight excluding hydrogens is 268 g/mol. The van der Waals surface area contributed by atoms with Crippen molar-refractivity contribution in [1.29, 1.82) is 0 Å². The van der Waals surface area contributed by atoms with E-state index in [1.165, 1.54) is 37.7 Å². The highest BCUT2D eigenvalue weighted by atomic mass is 15.0. The molecule has 1 aromatic carbocycles. The van der Waals surface area contributed by atoms with Crippen LogP contribution in [0.25, 0.3) is 6.08 Å². The minimum atomic E-state index is 0.442. The molecule has 2 nitrogen and oxygen atoms in total. The zero-order valence-corrected chi connectivity index (χ0v) is 14.0. The molecule has 1 unspecified atom stereocenters. The summed E-state index contributed by atoms with van der Waals surface area (Å²) in [5.41, 5.74) is 8.95. The van der Waals surface area contributed by atoms with Gasteiger partial charge in [0.25, 0.3) is 0 Å². The zero-order valence-electron chi connectivity index (χ0n) is 14.0. The van der Waals surface area contributed by atoms with Crippen LogP contribution in [-0.4, -0.2) is 18.1 Å². The van der Waals surface area contributed by atoms with Crippen LogP contribution in [0.15, 0.2) is 35.9 Å². The molecule has 22 heavy (non-hydrogen) atoms. The minimum absolute atomic E-state index is 0.442. The summed E-state index contributed by atoms with van der Waals surface area (Å²) in [7, 11) is 0. The number of nitrogens with one attached hydrogen (secondary N) is 1. The summed E-state index contributed by atoms with van der Waals surface area (Å²) >= 11 is 0. The lowest BCUT2D eigenvalue weighted by molar-refractivity contribution is 0.338. The van der Waals surface area contributed by atoms with Crippen molar-refractivity contribution in [3.63, 3.8) is 0 Å². The van der Waals surface area contributed by atoms with Crippen molar-refractivity contribution >= 4 is 6.08 Å². The summed E-state index contributed by atoms with van der Waals surface area (Å²) in [6, 6.07) is 12.6. The van der Waals surface area contributed by atoms with E-state index in [9.17, 15) is 0 Å². The topological polar surface area (TPSA) is 38.0 Å². The first-order valence-corrected chi connectivity index (χ1v) is 8.91. The first-order chi connectivity index (χ1) is 10.6. The van der Waals surface area contributed by atoms with Crippen LogP contribution < -0.4 is 11.1 Å². The van der Waals surface area contributed by atoms with Gasteiger partial charge in [-0.2, -0.15) is 0 Å². The van der Waals surface area contributed by atoms with Crippen molar-refractivity contribution < 1.29 is 0 Å². The molecule has 1 aromatic rings. The molecule has 2 aliphatic carbocycles. The second-order valence-corrected chi connectivity index (χ2v) is 7.44. The highest BCUT2D eigenvalue weighted by molar-refractivity contribution is 5.55. The van der Waals surface area contributed by atoms with Crippen molar-refractivity contribution in [1.82, 2.24) is 5.32 Å². The first kappa shape index (κ1) is 15.8. The Morgan fingerprint density at radius 2 is 1.82 bits per heavy atom. The molecule has 2 atom stereocenters. The molecule has 2 fully saturated rings. The van der Waals surface area contributed by atoms with Crippen LogP contribution in [0.4, 0.5) is 0 Å². The summed E-state index contributed by atoms with van der Waals surface area (Å²) in [5, 5.41) is 3.89. The zero-order chi connectivity index (χ0) is 15.5. The van der Waals surface area contributed by atoms with Gasteiger partial charge in [0.05, 0.1) is 0 Å². The van der Waals surface area contributed by atoms with Gasteiger partial charge in [0.2, 0.25) is 0 Å². The number of hydrogen-bond donors (Lipinski definition) is 2. The molecule has 3 N–H and O–H groups in total. The molecule has 0 bridgehead atoms. The average molecular weight is 298 g/mol. The molecule has 2 aliphatic rings. The Balaban J connectivity index is 1.59. The number of hydrogen-bond acceptors (Lipinski definition) is 2. The molecule has 0 saturated heterocycles. The summed E-state index contributed by atoms with van der Waals surface area (Å²) in [6.07, 6.45) is 8.60. The quantitative estimate of drug-likeness (QED) is 0.863. The van der Waals surface area contributed by atoms with E-state index in [1.807, 2.05) is 0 Å². The first-order valence-electron chi connectivity index (χ1n) is 8.91. The van der Waals surface area contributed by atoms with Gasteiger partial charge in [-0.05, 0) is 49.5 Å². The molecule has 0 radical (unpaired) electrons. The normalized spacial score (nSPS) is 32.3. The molecule has 0 spiro atoms. The van der Waals surface area contributed by atoms with Gasteiger partial charge >= 0.3 is 0 Å². The average Bonchev–Trinajstić information content (AvgIpc) is 3.27. The van der Waals surface area contributed by atoms with Crippen LogP contribution in [-0.2, 0) is 0 Å². The molecule has 0 aliphatic heterocycles. The van der Waals surface area contributed by atoms with Crippen LogP contribution in [0, 0.1) is 11.8 Å². The lowest BCUT2D eigenvalue weighted by atomic mass is 9.91. The summed E-state index contributed by atoms with van der Waals surface area (Å²) < 4.78 is 0. The standard InChI is InChI=1S/C20H30N2/c1-14(2)18(12-15-6-4-3-5-7-15)19-13-20(19)22-17-10-8-16(21)9-11-17/h3-7,12,14,16-17,19-20,22H,8-11,13,21H2,1-2H3/b18-12+/t16-,17-,19-,20?/m0/s1. The number of nitrogens with two attached hydrogens (primary N) is 1. The van der Waals surface area contributed by atoms with Crippen LogP contribution in [0.5, 0.6) is 0 Å². The molecular formula is C20H30N2. The third-order valence-electron chi connectivity index (χ3n) is 5.24. The van der Waals surface area contributed by atoms with E-state index in [1.54, 1.807) is 5.57 Å². The van der Waals surface area contributed by atoms with E-state index < -0.39 is 0 Å². The van der Waals surface area contributed by atoms with Crippen molar-refractivity contribution in [3.8, 4) is 0 Å². The maximum absolute atomic E-state index is 6.01. The molecule has 3 rings (SSSR count). The van der Waals surface area contributed by atoms with E-state index in [4.69, 9.17) is 5.73 Å². The maximum Gasteiger partial charge on any atom is 0.0142 e. The van der Waals surface area contributed by atoms with E-state index in [0.717, 1.165) is 5.92 Å².